The van der Waals surface area contributed by atoms with Crippen LogP contribution in [0.15, 0.2) is 24.3 Å². The van der Waals surface area contributed by atoms with Crippen LogP contribution in [0.2, 0.25) is 0 Å². The molecule has 0 bridgehead atoms. The number of fused-ring (bicyclic) bond motifs is 2. The lowest BCUT2D eigenvalue weighted by Crippen LogP contribution is -2.58. The van der Waals surface area contributed by atoms with Crippen molar-refractivity contribution in [3.8, 4) is 0 Å². The molecule has 2 heterocycles. The maximum Gasteiger partial charge on any atom is 0.222 e. The SMILES string of the molecule is CCOC[C@]12CCCO[C@@H]1CCN(C(=O)CC1Cc3ccccc3C1)C2. The molecular weight excluding hydrogens is 326 g/mol. The molecule has 0 spiro atoms. The summed E-state index contributed by atoms with van der Waals surface area (Å²) in [6.45, 7) is 5.97. The van der Waals surface area contributed by atoms with Crippen LogP contribution in [0.3, 0.4) is 0 Å². The Morgan fingerprint density at radius 2 is 2.08 bits per heavy atom. The van der Waals surface area contributed by atoms with Crippen molar-refractivity contribution in [2.24, 2.45) is 11.3 Å². The van der Waals surface area contributed by atoms with Gasteiger partial charge >= 0.3 is 0 Å². The van der Waals surface area contributed by atoms with Gasteiger partial charge in [0, 0.05) is 38.1 Å². The Balaban J connectivity index is 1.39. The van der Waals surface area contributed by atoms with Gasteiger partial charge in [0.15, 0.2) is 0 Å². The van der Waals surface area contributed by atoms with Crippen molar-refractivity contribution in [1.82, 2.24) is 4.90 Å². The molecule has 1 amide bonds. The maximum atomic E-state index is 13.0. The van der Waals surface area contributed by atoms with Crippen molar-refractivity contribution in [2.45, 2.75) is 51.6 Å². The predicted molar refractivity (Wildman–Crippen MR) is 101 cm³/mol. The highest BCUT2D eigenvalue weighted by molar-refractivity contribution is 5.77. The van der Waals surface area contributed by atoms with Crippen LogP contribution in [0.1, 0.15) is 43.7 Å². The first-order chi connectivity index (χ1) is 12.7. The van der Waals surface area contributed by atoms with Gasteiger partial charge in [-0.1, -0.05) is 24.3 Å². The Morgan fingerprint density at radius 3 is 2.81 bits per heavy atom. The van der Waals surface area contributed by atoms with Crippen molar-refractivity contribution >= 4 is 5.91 Å². The molecule has 2 aliphatic heterocycles. The number of nitrogens with zero attached hydrogens (tertiary/aromatic N) is 1. The first kappa shape index (κ1) is 18.0. The van der Waals surface area contributed by atoms with E-state index in [-0.39, 0.29) is 11.5 Å². The van der Waals surface area contributed by atoms with Crippen LogP contribution < -0.4 is 0 Å². The third-order valence-corrected chi connectivity index (χ3v) is 6.53. The minimum Gasteiger partial charge on any atom is -0.381 e. The summed E-state index contributed by atoms with van der Waals surface area (Å²) >= 11 is 0. The van der Waals surface area contributed by atoms with Crippen LogP contribution in [-0.4, -0.2) is 49.8 Å². The minimum atomic E-state index is 0.000803. The maximum absolute atomic E-state index is 13.0. The average molecular weight is 357 g/mol. The van der Waals surface area contributed by atoms with Crippen LogP contribution >= 0.6 is 0 Å². The standard InChI is InChI=1S/C22H31NO3/c1-2-25-16-22-9-5-11-26-20(22)8-10-23(15-22)21(24)14-17-12-18-6-3-4-7-19(18)13-17/h3-4,6-7,17,20H,2,5,8-16H2,1H3/t20-,22-/m1/s1. The number of piperidine rings is 1. The van der Waals surface area contributed by atoms with Gasteiger partial charge in [-0.05, 0) is 56.1 Å². The van der Waals surface area contributed by atoms with Gasteiger partial charge in [0.25, 0.3) is 0 Å². The molecule has 2 saturated heterocycles. The summed E-state index contributed by atoms with van der Waals surface area (Å²) in [5.74, 6) is 0.783. The Bertz CT molecular complexity index is 621. The van der Waals surface area contributed by atoms with E-state index in [1.54, 1.807) is 0 Å². The van der Waals surface area contributed by atoms with Gasteiger partial charge < -0.3 is 14.4 Å². The van der Waals surface area contributed by atoms with E-state index in [9.17, 15) is 4.79 Å². The zero-order valence-corrected chi connectivity index (χ0v) is 15.9. The summed E-state index contributed by atoms with van der Waals surface area (Å²) in [6.07, 6.45) is 6.15. The van der Waals surface area contributed by atoms with Crippen LogP contribution in [0.5, 0.6) is 0 Å². The van der Waals surface area contributed by atoms with E-state index in [4.69, 9.17) is 9.47 Å². The number of amides is 1. The zero-order chi connectivity index (χ0) is 18.0. The Morgan fingerprint density at radius 1 is 1.31 bits per heavy atom. The summed E-state index contributed by atoms with van der Waals surface area (Å²) in [5.41, 5.74) is 2.86. The van der Waals surface area contributed by atoms with Crippen LogP contribution in [0.4, 0.5) is 0 Å². The third kappa shape index (κ3) is 3.54. The minimum absolute atomic E-state index is 0.000803. The van der Waals surface area contributed by atoms with E-state index in [1.165, 1.54) is 11.1 Å². The van der Waals surface area contributed by atoms with E-state index in [0.29, 0.717) is 24.9 Å². The van der Waals surface area contributed by atoms with E-state index in [1.807, 2.05) is 6.92 Å². The highest BCUT2D eigenvalue weighted by Gasteiger charge is 2.47. The number of likely N-dealkylation sites (tertiary alicyclic amines) is 1. The smallest absolute Gasteiger partial charge is 0.222 e. The van der Waals surface area contributed by atoms with Crippen molar-refractivity contribution < 1.29 is 14.3 Å². The summed E-state index contributed by atoms with van der Waals surface area (Å²) in [7, 11) is 0. The van der Waals surface area contributed by atoms with Gasteiger partial charge in [0.2, 0.25) is 5.91 Å². The quantitative estimate of drug-likeness (QED) is 0.812. The fraction of sp³-hybridized carbons (Fsp3) is 0.682. The molecule has 1 aromatic carbocycles. The molecule has 4 nitrogen and oxygen atoms in total. The zero-order valence-electron chi connectivity index (χ0n) is 15.9. The summed E-state index contributed by atoms with van der Waals surface area (Å²) in [5, 5.41) is 0. The third-order valence-electron chi connectivity index (χ3n) is 6.53. The van der Waals surface area contributed by atoms with Crippen molar-refractivity contribution in [3.05, 3.63) is 35.4 Å². The van der Waals surface area contributed by atoms with Gasteiger partial charge in [0.1, 0.15) is 0 Å². The molecule has 1 aromatic rings. The lowest BCUT2D eigenvalue weighted by Gasteiger charge is -2.50. The Hall–Kier alpha value is -1.39. The first-order valence-corrected chi connectivity index (χ1v) is 10.2. The van der Waals surface area contributed by atoms with Gasteiger partial charge in [-0.3, -0.25) is 4.79 Å². The molecule has 0 aromatic heterocycles. The van der Waals surface area contributed by atoms with Crippen molar-refractivity contribution in [2.75, 3.05) is 32.9 Å². The topological polar surface area (TPSA) is 38.8 Å². The average Bonchev–Trinajstić information content (AvgIpc) is 3.08. The lowest BCUT2D eigenvalue weighted by atomic mass is 9.73. The number of carbonyl (C=O) groups is 1. The van der Waals surface area contributed by atoms with Crippen LogP contribution in [0, 0.1) is 11.3 Å². The number of rotatable bonds is 5. The number of benzene rings is 1. The number of carbonyl (C=O) groups excluding carboxylic acids is 1. The summed E-state index contributed by atoms with van der Waals surface area (Å²) < 4.78 is 11.9. The Labute approximate surface area is 156 Å². The normalized spacial score (nSPS) is 28.7. The monoisotopic (exact) mass is 357 g/mol. The van der Waals surface area contributed by atoms with E-state index in [2.05, 4.69) is 29.2 Å². The molecule has 26 heavy (non-hydrogen) atoms. The molecule has 4 rings (SSSR count). The van der Waals surface area contributed by atoms with E-state index >= 15 is 0 Å². The number of hydrogen-bond acceptors (Lipinski definition) is 3. The summed E-state index contributed by atoms with van der Waals surface area (Å²) in [4.78, 5) is 15.1. The molecule has 0 saturated carbocycles. The first-order valence-electron chi connectivity index (χ1n) is 10.2. The highest BCUT2D eigenvalue weighted by atomic mass is 16.5. The second-order valence-electron chi connectivity index (χ2n) is 8.31. The van der Waals surface area contributed by atoms with Crippen LogP contribution in [-0.2, 0) is 27.1 Å². The molecule has 2 fully saturated rings. The van der Waals surface area contributed by atoms with Gasteiger partial charge in [0.05, 0.1) is 12.7 Å². The molecule has 0 N–H and O–H groups in total. The van der Waals surface area contributed by atoms with E-state index < -0.39 is 0 Å². The predicted octanol–water partition coefficient (Wildman–Crippen LogP) is 3.23. The van der Waals surface area contributed by atoms with Crippen molar-refractivity contribution in [3.63, 3.8) is 0 Å². The Kier molecular flexibility index (Phi) is 5.32. The van der Waals surface area contributed by atoms with Gasteiger partial charge in [-0.2, -0.15) is 0 Å². The molecule has 4 heteroatoms. The second-order valence-corrected chi connectivity index (χ2v) is 8.31. The molecular formula is C22H31NO3. The lowest BCUT2D eigenvalue weighted by molar-refractivity contribution is -0.164. The summed E-state index contributed by atoms with van der Waals surface area (Å²) in [6, 6.07) is 8.63. The van der Waals surface area contributed by atoms with Gasteiger partial charge in [-0.25, -0.2) is 0 Å². The molecule has 3 aliphatic rings. The fourth-order valence-electron chi connectivity index (χ4n) is 5.19. The second kappa shape index (κ2) is 7.69. The number of hydrogen-bond donors (Lipinski definition) is 0. The van der Waals surface area contributed by atoms with Crippen molar-refractivity contribution in [1.29, 1.82) is 0 Å². The number of ether oxygens (including phenoxy) is 2. The van der Waals surface area contributed by atoms with E-state index in [0.717, 1.165) is 58.4 Å². The van der Waals surface area contributed by atoms with Crippen LogP contribution in [0.25, 0.3) is 0 Å². The fourth-order valence-corrected chi connectivity index (χ4v) is 5.19. The molecule has 142 valence electrons. The largest absolute Gasteiger partial charge is 0.381 e. The molecule has 0 radical (unpaired) electrons. The molecule has 2 atom stereocenters. The molecule has 1 aliphatic carbocycles. The highest BCUT2D eigenvalue weighted by Crippen LogP contribution is 2.41. The van der Waals surface area contributed by atoms with Gasteiger partial charge in [-0.15, -0.1) is 0 Å². The molecule has 0 unspecified atom stereocenters.